The molecule has 2 heterocycles. The van der Waals surface area contributed by atoms with Crippen molar-refractivity contribution in [3.05, 3.63) is 40.2 Å². The zero-order valence-corrected chi connectivity index (χ0v) is 10.3. The van der Waals surface area contributed by atoms with Crippen LogP contribution in [0.4, 0.5) is 0 Å². The molecule has 7 heteroatoms. The molecule has 0 fully saturated rings. The van der Waals surface area contributed by atoms with E-state index in [9.17, 15) is 9.59 Å². The Kier molecular flexibility index (Phi) is 3.16. The third kappa shape index (κ3) is 1.99. The predicted octanol–water partition coefficient (Wildman–Crippen LogP) is 0.264. The van der Waals surface area contributed by atoms with Crippen LogP contribution in [0.2, 0.25) is 0 Å². The quantitative estimate of drug-likeness (QED) is 0.737. The number of ether oxygens (including phenoxy) is 1. The zero-order valence-electron chi connectivity index (χ0n) is 10.3. The summed E-state index contributed by atoms with van der Waals surface area (Å²) in [6.07, 6.45) is 3.27. The third-order valence-electron chi connectivity index (χ3n) is 2.70. The number of hydrogen-bond donors (Lipinski definition) is 0. The Bertz CT molecular complexity index is 736. The van der Waals surface area contributed by atoms with Gasteiger partial charge in [0, 0.05) is 19.3 Å². The number of rotatable bonds is 3. The number of methoxy groups -OCH3 is 1. The van der Waals surface area contributed by atoms with Crippen LogP contribution in [-0.2, 0) is 7.05 Å². The average Bonchev–Trinajstić information content (AvgIpc) is 2.74. The average molecular weight is 258 g/mol. The maximum Gasteiger partial charge on any atom is 0.334 e. The van der Waals surface area contributed by atoms with Gasteiger partial charge in [0.2, 0.25) is 0 Å². The van der Waals surface area contributed by atoms with Crippen LogP contribution < -0.4 is 10.4 Å². The normalized spacial score (nSPS) is 9.95. The Labute approximate surface area is 108 Å². The molecular formula is C12H10N4O3. The first kappa shape index (κ1) is 12.6. The van der Waals surface area contributed by atoms with Gasteiger partial charge in [-0.2, -0.15) is 5.26 Å². The van der Waals surface area contributed by atoms with Crippen molar-refractivity contribution in [1.29, 1.82) is 5.26 Å². The highest BCUT2D eigenvalue weighted by atomic mass is 16.5. The van der Waals surface area contributed by atoms with E-state index in [4.69, 9.17) is 10.00 Å². The Hall–Kier alpha value is -2.88. The molecule has 0 aliphatic heterocycles. The minimum absolute atomic E-state index is 0.232. The van der Waals surface area contributed by atoms with Crippen molar-refractivity contribution in [2.45, 2.75) is 0 Å². The molecule has 0 aromatic carbocycles. The lowest BCUT2D eigenvalue weighted by Crippen LogP contribution is -2.22. The summed E-state index contributed by atoms with van der Waals surface area (Å²) >= 11 is 0. The van der Waals surface area contributed by atoms with Gasteiger partial charge in [-0.1, -0.05) is 0 Å². The molecule has 19 heavy (non-hydrogen) atoms. The second kappa shape index (κ2) is 4.78. The van der Waals surface area contributed by atoms with Gasteiger partial charge in [0.15, 0.2) is 6.29 Å². The molecule has 7 nitrogen and oxygen atoms in total. The number of aldehydes is 1. The molecule has 0 atom stereocenters. The van der Waals surface area contributed by atoms with Crippen LogP contribution in [0.25, 0.3) is 5.82 Å². The monoisotopic (exact) mass is 258 g/mol. The molecule has 0 bridgehead atoms. The van der Waals surface area contributed by atoms with Gasteiger partial charge in [-0.05, 0) is 0 Å². The third-order valence-corrected chi connectivity index (χ3v) is 2.70. The summed E-state index contributed by atoms with van der Waals surface area (Å²) in [7, 11) is 2.91. The molecule has 0 unspecified atom stereocenters. The molecular weight excluding hydrogens is 248 g/mol. The van der Waals surface area contributed by atoms with Crippen molar-refractivity contribution in [2.24, 2.45) is 7.05 Å². The van der Waals surface area contributed by atoms with E-state index >= 15 is 0 Å². The molecule has 2 aromatic rings. The predicted molar refractivity (Wildman–Crippen MR) is 65.5 cm³/mol. The van der Waals surface area contributed by atoms with Crippen LogP contribution in [-0.4, -0.2) is 27.5 Å². The minimum atomic E-state index is -0.402. The first-order valence-corrected chi connectivity index (χ1v) is 5.30. The van der Waals surface area contributed by atoms with E-state index in [-0.39, 0.29) is 17.1 Å². The summed E-state index contributed by atoms with van der Waals surface area (Å²) in [5.41, 5.74) is 0.0994. The Balaban J connectivity index is 2.64. The summed E-state index contributed by atoms with van der Waals surface area (Å²) < 4.78 is 7.47. The lowest BCUT2D eigenvalue weighted by atomic mass is 10.3. The molecule has 2 aromatic heterocycles. The van der Waals surface area contributed by atoms with Crippen molar-refractivity contribution >= 4 is 6.29 Å². The van der Waals surface area contributed by atoms with Gasteiger partial charge < -0.3 is 4.74 Å². The van der Waals surface area contributed by atoms with Crippen molar-refractivity contribution in [3.63, 3.8) is 0 Å². The zero-order chi connectivity index (χ0) is 14.0. The van der Waals surface area contributed by atoms with Crippen molar-refractivity contribution in [1.82, 2.24) is 14.1 Å². The summed E-state index contributed by atoms with van der Waals surface area (Å²) in [6, 6.07) is 3.40. The number of hydrogen-bond acceptors (Lipinski definition) is 5. The van der Waals surface area contributed by atoms with Gasteiger partial charge in [0.05, 0.1) is 13.3 Å². The highest BCUT2D eigenvalue weighted by molar-refractivity contribution is 5.71. The first-order valence-electron chi connectivity index (χ1n) is 5.30. The van der Waals surface area contributed by atoms with E-state index in [1.54, 1.807) is 0 Å². The fourth-order valence-electron chi connectivity index (χ4n) is 1.63. The van der Waals surface area contributed by atoms with Crippen LogP contribution in [0.1, 0.15) is 16.1 Å². The van der Waals surface area contributed by atoms with E-state index in [0.29, 0.717) is 12.0 Å². The van der Waals surface area contributed by atoms with Gasteiger partial charge in [-0.15, -0.1) is 0 Å². The Morgan fingerprint density at radius 3 is 2.79 bits per heavy atom. The van der Waals surface area contributed by atoms with Gasteiger partial charge in [-0.25, -0.2) is 9.78 Å². The van der Waals surface area contributed by atoms with Gasteiger partial charge in [-0.3, -0.25) is 13.9 Å². The van der Waals surface area contributed by atoms with E-state index in [1.807, 2.05) is 6.07 Å². The number of carbonyl (C=O) groups is 1. The highest BCUT2D eigenvalue weighted by Crippen LogP contribution is 2.18. The molecule has 96 valence electrons. The molecule has 0 saturated heterocycles. The van der Waals surface area contributed by atoms with Gasteiger partial charge in [0.25, 0.3) is 0 Å². The second-order valence-electron chi connectivity index (χ2n) is 3.74. The second-order valence-corrected chi connectivity index (χ2v) is 3.74. The minimum Gasteiger partial charge on any atom is -0.495 e. The van der Waals surface area contributed by atoms with Gasteiger partial charge in [0.1, 0.15) is 28.9 Å². The molecule has 0 amide bonds. The SMILES string of the molecule is COc1cc(-n2cc(C=O)n(C)c2=O)ncc1C#N. The van der Waals surface area contributed by atoms with Gasteiger partial charge >= 0.3 is 5.69 Å². The van der Waals surface area contributed by atoms with Crippen LogP contribution in [0.3, 0.4) is 0 Å². The van der Waals surface area contributed by atoms with Crippen LogP contribution in [0.5, 0.6) is 5.75 Å². The van der Waals surface area contributed by atoms with E-state index in [1.165, 1.54) is 41.8 Å². The molecule has 0 spiro atoms. The molecule has 0 radical (unpaired) electrons. The number of pyridine rings is 1. The summed E-state index contributed by atoms with van der Waals surface area (Å²) in [5, 5.41) is 8.86. The van der Waals surface area contributed by atoms with Crippen molar-refractivity contribution < 1.29 is 9.53 Å². The Morgan fingerprint density at radius 1 is 1.53 bits per heavy atom. The smallest absolute Gasteiger partial charge is 0.334 e. The molecule has 0 aliphatic carbocycles. The summed E-state index contributed by atoms with van der Waals surface area (Å²) in [5.74, 6) is 0.598. The maximum atomic E-state index is 11.9. The lowest BCUT2D eigenvalue weighted by molar-refractivity contribution is 0.111. The topological polar surface area (TPSA) is 89.9 Å². The van der Waals surface area contributed by atoms with Crippen LogP contribution in [0.15, 0.2) is 23.3 Å². The molecule has 0 saturated carbocycles. The molecule has 0 N–H and O–H groups in total. The highest BCUT2D eigenvalue weighted by Gasteiger charge is 2.12. The molecule has 0 aliphatic rings. The fourth-order valence-corrected chi connectivity index (χ4v) is 1.63. The Morgan fingerprint density at radius 2 is 2.26 bits per heavy atom. The molecule has 2 rings (SSSR count). The number of aromatic nitrogens is 3. The number of imidazole rings is 1. The first-order chi connectivity index (χ1) is 9.12. The van der Waals surface area contributed by atoms with E-state index in [0.717, 1.165) is 0 Å². The number of nitriles is 1. The standard InChI is InChI=1S/C12H10N4O3/c1-15-9(7-17)6-16(12(15)18)11-3-10(19-2)8(4-13)5-14-11/h3,5-7H,1-2H3. The summed E-state index contributed by atoms with van der Waals surface area (Å²) in [4.78, 5) is 26.7. The van der Waals surface area contributed by atoms with E-state index < -0.39 is 5.69 Å². The number of nitrogens with zero attached hydrogens (tertiary/aromatic N) is 4. The lowest BCUT2D eigenvalue weighted by Gasteiger charge is -2.05. The van der Waals surface area contributed by atoms with Crippen molar-refractivity contribution in [3.8, 4) is 17.6 Å². The maximum absolute atomic E-state index is 11.9. The van der Waals surface area contributed by atoms with Crippen LogP contribution in [0, 0.1) is 11.3 Å². The van der Waals surface area contributed by atoms with Crippen LogP contribution >= 0.6 is 0 Å². The summed E-state index contributed by atoms with van der Waals surface area (Å²) in [6.45, 7) is 0. The largest absolute Gasteiger partial charge is 0.495 e. The van der Waals surface area contributed by atoms with E-state index in [2.05, 4.69) is 4.98 Å². The fraction of sp³-hybridized carbons (Fsp3) is 0.167. The number of carbonyl (C=O) groups excluding carboxylic acids is 1. The van der Waals surface area contributed by atoms with Crippen molar-refractivity contribution in [2.75, 3.05) is 7.11 Å².